The van der Waals surface area contributed by atoms with Gasteiger partial charge in [0.05, 0.1) is 9.82 Å². The van der Waals surface area contributed by atoms with Gasteiger partial charge in [-0.15, -0.1) is 0 Å². The topological polar surface area (TPSA) is 110 Å². The average molecular weight is 484 g/mol. The van der Waals surface area contributed by atoms with Crippen molar-refractivity contribution in [1.82, 2.24) is 9.21 Å². The zero-order valence-electron chi connectivity index (χ0n) is 15.2. The number of hydrogen-bond donors (Lipinski definition) is 0. The Labute approximate surface area is 176 Å². The Kier molecular flexibility index (Phi) is 6.50. The van der Waals surface area contributed by atoms with Gasteiger partial charge in [-0.2, -0.15) is 4.31 Å². The summed E-state index contributed by atoms with van der Waals surface area (Å²) in [4.78, 5) is 24.2. The van der Waals surface area contributed by atoms with E-state index < -0.39 is 14.9 Å². The molecule has 1 aliphatic rings. The molecule has 0 aromatic heterocycles. The molecule has 1 aliphatic heterocycles. The summed E-state index contributed by atoms with van der Waals surface area (Å²) in [6.45, 7) is 0.692. The maximum atomic E-state index is 12.7. The minimum Gasteiger partial charge on any atom is -0.484 e. The SMILES string of the molecule is O=C(COc1ccc([N+](=O)[O-])cc1)N1CCN(S(=O)(=O)c2ccc(Br)cc2)CC1. The first kappa shape index (κ1) is 21.2. The standard InChI is InChI=1S/C18H18BrN3O6S/c19-14-1-7-17(8-2-14)29(26,27)21-11-9-20(10-12-21)18(23)13-28-16-5-3-15(4-6-16)22(24)25/h1-8H,9-13H2. The number of nitro benzene ring substituents is 1. The molecule has 2 aromatic carbocycles. The van der Waals surface area contributed by atoms with Gasteiger partial charge >= 0.3 is 0 Å². The number of non-ortho nitro benzene ring substituents is 1. The normalized spacial score (nSPS) is 15.1. The van der Waals surface area contributed by atoms with Crippen molar-refractivity contribution in [3.8, 4) is 5.75 Å². The number of amides is 1. The van der Waals surface area contributed by atoms with Crippen molar-refractivity contribution in [2.45, 2.75) is 4.90 Å². The van der Waals surface area contributed by atoms with Crippen molar-refractivity contribution in [1.29, 1.82) is 0 Å². The quantitative estimate of drug-likeness (QED) is 0.460. The number of halogens is 1. The maximum Gasteiger partial charge on any atom is 0.269 e. The predicted octanol–water partition coefficient (Wildman–Crippen LogP) is 2.27. The third-order valence-corrected chi connectivity index (χ3v) is 6.89. The largest absolute Gasteiger partial charge is 0.484 e. The number of ether oxygens (including phenoxy) is 1. The van der Waals surface area contributed by atoms with E-state index in [4.69, 9.17) is 4.74 Å². The molecule has 0 aliphatic carbocycles. The average Bonchev–Trinajstić information content (AvgIpc) is 2.72. The minimum absolute atomic E-state index is 0.0632. The Morgan fingerprint density at radius 2 is 1.62 bits per heavy atom. The van der Waals surface area contributed by atoms with Gasteiger partial charge in [0.15, 0.2) is 6.61 Å². The van der Waals surface area contributed by atoms with Crippen LogP contribution >= 0.6 is 15.9 Å². The number of hydrogen-bond acceptors (Lipinski definition) is 6. The third kappa shape index (κ3) is 5.11. The van der Waals surface area contributed by atoms with Crippen LogP contribution in [0.1, 0.15) is 0 Å². The molecule has 29 heavy (non-hydrogen) atoms. The van der Waals surface area contributed by atoms with Crippen LogP contribution in [-0.2, 0) is 14.8 Å². The van der Waals surface area contributed by atoms with E-state index in [1.807, 2.05) is 0 Å². The number of carbonyl (C=O) groups is 1. The lowest BCUT2D eigenvalue weighted by Crippen LogP contribution is -2.51. The summed E-state index contributed by atoms with van der Waals surface area (Å²) in [7, 11) is -3.61. The molecule has 154 valence electrons. The summed E-state index contributed by atoms with van der Waals surface area (Å²) in [5, 5.41) is 10.6. The first-order valence-electron chi connectivity index (χ1n) is 8.68. The lowest BCUT2D eigenvalue weighted by atomic mass is 10.3. The monoisotopic (exact) mass is 483 g/mol. The Hall–Kier alpha value is -2.50. The molecule has 1 heterocycles. The van der Waals surface area contributed by atoms with Crippen molar-refractivity contribution in [2.24, 2.45) is 0 Å². The van der Waals surface area contributed by atoms with E-state index >= 15 is 0 Å². The second kappa shape index (κ2) is 8.89. The van der Waals surface area contributed by atoms with Crippen LogP contribution in [0.25, 0.3) is 0 Å². The van der Waals surface area contributed by atoms with E-state index in [2.05, 4.69) is 15.9 Å². The molecule has 1 fully saturated rings. The van der Waals surface area contributed by atoms with E-state index in [1.54, 1.807) is 17.0 Å². The summed E-state index contributed by atoms with van der Waals surface area (Å²) in [6.07, 6.45) is 0. The van der Waals surface area contributed by atoms with Crippen LogP contribution in [0.4, 0.5) is 5.69 Å². The first-order valence-corrected chi connectivity index (χ1v) is 10.9. The van der Waals surface area contributed by atoms with Gasteiger partial charge in [-0.25, -0.2) is 8.42 Å². The Morgan fingerprint density at radius 1 is 1.03 bits per heavy atom. The molecular weight excluding hydrogens is 466 g/mol. The molecule has 11 heteroatoms. The van der Waals surface area contributed by atoms with E-state index in [-0.39, 0.29) is 49.3 Å². The van der Waals surface area contributed by atoms with E-state index in [0.29, 0.717) is 5.75 Å². The maximum absolute atomic E-state index is 12.7. The van der Waals surface area contributed by atoms with Gasteiger partial charge in [0.1, 0.15) is 5.75 Å². The molecule has 0 spiro atoms. The fourth-order valence-corrected chi connectivity index (χ4v) is 4.52. The zero-order valence-corrected chi connectivity index (χ0v) is 17.6. The van der Waals surface area contributed by atoms with Crippen LogP contribution in [0, 0.1) is 10.1 Å². The van der Waals surface area contributed by atoms with E-state index in [9.17, 15) is 23.3 Å². The van der Waals surface area contributed by atoms with Crippen molar-refractivity contribution < 1.29 is 22.9 Å². The molecule has 0 atom stereocenters. The fraction of sp³-hybridized carbons (Fsp3) is 0.278. The number of carbonyl (C=O) groups excluding carboxylic acids is 1. The summed E-state index contributed by atoms with van der Waals surface area (Å²) in [5.41, 5.74) is -0.0632. The molecule has 9 nitrogen and oxygen atoms in total. The van der Waals surface area contributed by atoms with Crippen LogP contribution in [0.2, 0.25) is 0 Å². The van der Waals surface area contributed by atoms with Gasteiger partial charge in [-0.1, -0.05) is 15.9 Å². The van der Waals surface area contributed by atoms with Crippen molar-refractivity contribution >= 4 is 37.5 Å². The van der Waals surface area contributed by atoms with Crippen LogP contribution in [0.5, 0.6) is 5.75 Å². The second-order valence-corrected chi connectivity index (χ2v) is 9.13. The van der Waals surface area contributed by atoms with Gasteiger partial charge < -0.3 is 9.64 Å². The number of piperazine rings is 1. The highest BCUT2D eigenvalue weighted by Crippen LogP contribution is 2.21. The molecule has 0 saturated carbocycles. The van der Waals surface area contributed by atoms with Crippen molar-refractivity contribution in [2.75, 3.05) is 32.8 Å². The smallest absolute Gasteiger partial charge is 0.269 e. The summed E-state index contributed by atoms with van der Waals surface area (Å²) in [6, 6.07) is 11.9. The van der Waals surface area contributed by atoms with Gasteiger partial charge in [0, 0.05) is 42.8 Å². The Bertz CT molecular complexity index is 987. The lowest BCUT2D eigenvalue weighted by molar-refractivity contribution is -0.384. The van der Waals surface area contributed by atoms with Crippen LogP contribution in [0.15, 0.2) is 57.9 Å². The van der Waals surface area contributed by atoms with Gasteiger partial charge in [-0.3, -0.25) is 14.9 Å². The van der Waals surface area contributed by atoms with Gasteiger partial charge in [0.25, 0.3) is 11.6 Å². The van der Waals surface area contributed by atoms with Gasteiger partial charge in [-0.05, 0) is 36.4 Å². The van der Waals surface area contributed by atoms with Crippen LogP contribution in [0.3, 0.4) is 0 Å². The van der Waals surface area contributed by atoms with Crippen LogP contribution < -0.4 is 4.74 Å². The first-order chi connectivity index (χ1) is 13.8. The third-order valence-electron chi connectivity index (χ3n) is 4.45. The highest BCUT2D eigenvalue weighted by molar-refractivity contribution is 9.10. The molecule has 1 saturated heterocycles. The van der Waals surface area contributed by atoms with Crippen molar-refractivity contribution in [3.63, 3.8) is 0 Å². The molecule has 0 radical (unpaired) electrons. The highest BCUT2D eigenvalue weighted by atomic mass is 79.9. The lowest BCUT2D eigenvalue weighted by Gasteiger charge is -2.34. The summed E-state index contributed by atoms with van der Waals surface area (Å²) < 4.78 is 32.9. The van der Waals surface area contributed by atoms with E-state index in [1.165, 1.54) is 40.7 Å². The number of nitrogens with zero attached hydrogens (tertiary/aromatic N) is 3. The molecule has 1 amide bonds. The molecule has 0 unspecified atom stereocenters. The number of benzene rings is 2. The van der Waals surface area contributed by atoms with Crippen LogP contribution in [-0.4, -0.2) is 61.2 Å². The predicted molar refractivity (Wildman–Crippen MR) is 108 cm³/mol. The molecule has 0 N–H and O–H groups in total. The minimum atomic E-state index is -3.61. The molecule has 3 rings (SSSR count). The zero-order chi connectivity index (χ0) is 21.0. The van der Waals surface area contributed by atoms with Gasteiger partial charge in [0.2, 0.25) is 10.0 Å². The summed E-state index contributed by atoms with van der Waals surface area (Å²) in [5.74, 6) is 0.0736. The number of sulfonamides is 1. The fourth-order valence-electron chi connectivity index (χ4n) is 2.83. The van der Waals surface area contributed by atoms with E-state index in [0.717, 1.165) is 4.47 Å². The molecular formula is C18H18BrN3O6S. The highest BCUT2D eigenvalue weighted by Gasteiger charge is 2.30. The Morgan fingerprint density at radius 3 is 2.17 bits per heavy atom. The second-order valence-electron chi connectivity index (χ2n) is 6.28. The summed E-state index contributed by atoms with van der Waals surface area (Å²) >= 11 is 3.28. The molecule has 2 aromatic rings. The van der Waals surface area contributed by atoms with Crippen molar-refractivity contribution in [3.05, 3.63) is 63.1 Å². The number of rotatable bonds is 6. The Balaban J connectivity index is 1.52. The number of nitro groups is 1. The molecule has 0 bridgehead atoms.